The molecular formula is C12H12BrNO5S. The van der Waals surface area contributed by atoms with Crippen LogP contribution in [0, 0.1) is 12.3 Å². The summed E-state index contributed by atoms with van der Waals surface area (Å²) in [4.78, 5) is 10.7. The van der Waals surface area contributed by atoms with E-state index < -0.39 is 22.5 Å². The number of carbonyl (C=O) groups is 1. The number of aliphatic carboxylic acids is 1. The van der Waals surface area contributed by atoms with Crippen molar-refractivity contribution < 1.29 is 23.1 Å². The molecule has 6 nitrogen and oxygen atoms in total. The third-order valence-electron chi connectivity index (χ3n) is 2.34. The number of halogens is 1. The first-order chi connectivity index (χ1) is 9.32. The maximum atomic E-state index is 12.3. The van der Waals surface area contributed by atoms with E-state index in [-0.39, 0.29) is 11.4 Å². The lowest BCUT2D eigenvalue weighted by molar-refractivity contribution is -0.137. The summed E-state index contributed by atoms with van der Waals surface area (Å²) in [5.74, 6) is 1.32. The smallest absolute Gasteiger partial charge is 0.318 e. The quantitative estimate of drug-likeness (QED) is 0.768. The van der Waals surface area contributed by atoms with Crippen molar-refractivity contribution in [3.8, 4) is 18.1 Å². The van der Waals surface area contributed by atoms with Gasteiger partial charge in [0.25, 0.3) is 0 Å². The van der Waals surface area contributed by atoms with Crippen LogP contribution >= 0.6 is 15.9 Å². The predicted molar refractivity (Wildman–Crippen MR) is 75.9 cm³/mol. The third kappa shape index (κ3) is 3.72. The molecule has 0 heterocycles. The second-order valence-corrected chi connectivity index (χ2v) is 6.46. The van der Waals surface area contributed by atoms with Gasteiger partial charge in [0.05, 0.1) is 23.0 Å². The van der Waals surface area contributed by atoms with Crippen LogP contribution in [0.15, 0.2) is 27.6 Å². The minimum atomic E-state index is -3.98. The van der Waals surface area contributed by atoms with Gasteiger partial charge in [0.2, 0.25) is 10.0 Å². The zero-order chi connectivity index (χ0) is 15.3. The summed E-state index contributed by atoms with van der Waals surface area (Å²) < 4.78 is 30.8. The third-order valence-corrected chi connectivity index (χ3v) is 4.75. The van der Waals surface area contributed by atoms with Gasteiger partial charge in [-0.3, -0.25) is 4.79 Å². The van der Waals surface area contributed by atoms with E-state index in [4.69, 9.17) is 16.3 Å². The molecule has 0 spiro atoms. The van der Waals surface area contributed by atoms with E-state index >= 15 is 0 Å². The fraction of sp³-hybridized carbons (Fsp3) is 0.250. The summed E-state index contributed by atoms with van der Waals surface area (Å²) in [5.41, 5.74) is 0. The van der Waals surface area contributed by atoms with Crippen molar-refractivity contribution in [1.29, 1.82) is 0 Å². The van der Waals surface area contributed by atoms with Crippen LogP contribution in [-0.4, -0.2) is 44.0 Å². The van der Waals surface area contributed by atoms with Crippen molar-refractivity contribution in [2.24, 2.45) is 0 Å². The van der Waals surface area contributed by atoms with Gasteiger partial charge in [0, 0.05) is 0 Å². The average molecular weight is 362 g/mol. The van der Waals surface area contributed by atoms with E-state index in [1.165, 1.54) is 25.3 Å². The van der Waals surface area contributed by atoms with E-state index in [1.54, 1.807) is 0 Å². The van der Waals surface area contributed by atoms with E-state index in [1.807, 2.05) is 0 Å². The van der Waals surface area contributed by atoms with E-state index in [0.717, 1.165) is 0 Å². The highest BCUT2D eigenvalue weighted by atomic mass is 79.9. The van der Waals surface area contributed by atoms with Crippen molar-refractivity contribution >= 4 is 31.9 Å². The summed E-state index contributed by atoms with van der Waals surface area (Å²) in [7, 11) is -2.53. The Kier molecular flexibility index (Phi) is 5.56. The van der Waals surface area contributed by atoms with E-state index in [9.17, 15) is 13.2 Å². The fourth-order valence-corrected chi connectivity index (χ4v) is 3.46. The molecular weight excluding hydrogens is 350 g/mol. The Bertz CT molecular complexity index is 650. The van der Waals surface area contributed by atoms with Crippen LogP contribution < -0.4 is 4.74 Å². The zero-order valence-electron chi connectivity index (χ0n) is 10.5. The van der Waals surface area contributed by atoms with Gasteiger partial charge in [-0.15, -0.1) is 6.42 Å². The Morgan fingerprint density at radius 2 is 2.20 bits per heavy atom. The minimum Gasteiger partial charge on any atom is -0.496 e. The van der Waals surface area contributed by atoms with Gasteiger partial charge in [0.1, 0.15) is 12.3 Å². The number of terminal acetylenes is 1. The number of hydrogen-bond acceptors (Lipinski definition) is 4. The summed E-state index contributed by atoms with van der Waals surface area (Å²) in [5, 5.41) is 8.75. The maximum Gasteiger partial charge on any atom is 0.318 e. The van der Waals surface area contributed by atoms with Crippen LogP contribution in [0.3, 0.4) is 0 Å². The van der Waals surface area contributed by atoms with Crippen molar-refractivity contribution in [2.75, 3.05) is 20.2 Å². The lowest BCUT2D eigenvalue weighted by Gasteiger charge is -2.18. The molecule has 0 saturated heterocycles. The fourth-order valence-electron chi connectivity index (χ4n) is 1.44. The number of nitrogens with zero attached hydrogens (tertiary/aromatic N) is 1. The normalized spacial score (nSPS) is 11.1. The number of hydrogen-bond donors (Lipinski definition) is 1. The average Bonchev–Trinajstić information content (AvgIpc) is 2.37. The van der Waals surface area contributed by atoms with Crippen LogP contribution in [-0.2, 0) is 14.8 Å². The Morgan fingerprint density at radius 1 is 1.55 bits per heavy atom. The highest BCUT2D eigenvalue weighted by Crippen LogP contribution is 2.28. The lowest BCUT2D eigenvalue weighted by atomic mass is 10.3. The Hall–Kier alpha value is -1.56. The molecule has 0 aromatic heterocycles. The Labute approximate surface area is 125 Å². The molecule has 20 heavy (non-hydrogen) atoms. The standard InChI is InChI=1S/C12H12BrNO5S/c1-3-6-14(8-12(15)16)20(17,18)9-4-5-11(19-2)10(13)7-9/h1,4-5,7H,6,8H2,2H3,(H,15,16). The highest BCUT2D eigenvalue weighted by Gasteiger charge is 2.26. The number of sulfonamides is 1. The van der Waals surface area contributed by atoms with Gasteiger partial charge in [-0.1, -0.05) is 5.92 Å². The Balaban J connectivity index is 3.22. The van der Waals surface area contributed by atoms with Crippen LogP contribution in [0.4, 0.5) is 0 Å². The molecule has 0 unspecified atom stereocenters. The SMILES string of the molecule is C#CCN(CC(=O)O)S(=O)(=O)c1ccc(OC)c(Br)c1. The van der Waals surface area contributed by atoms with Crippen molar-refractivity contribution in [2.45, 2.75) is 4.90 Å². The molecule has 1 rings (SSSR count). The molecule has 0 atom stereocenters. The number of benzene rings is 1. The van der Waals surface area contributed by atoms with Crippen molar-refractivity contribution in [1.82, 2.24) is 4.31 Å². The van der Waals surface area contributed by atoms with Crippen LogP contribution in [0.1, 0.15) is 0 Å². The van der Waals surface area contributed by atoms with Crippen molar-refractivity contribution in [3.63, 3.8) is 0 Å². The monoisotopic (exact) mass is 361 g/mol. The number of methoxy groups -OCH3 is 1. The molecule has 0 aliphatic rings. The predicted octanol–water partition coefficient (Wildman–Crippen LogP) is 1.17. The molecule has 0 aliphatic carbocycles. The second kappa shape index (κ2) is 6.74. The molecule has 0 saturated carbocycles. The van der Waals surface area contributed by atoms with Gasteiger partial charge in [-0.25, -0.2) is 8.42 Å². The summed E-state index contributed by atoms with van der Waals surface area (Å²) in [6.07, 6.45) is 5.08. The highest BCUT2D eigenvalue weighted by molar-refractivity contribution is 9.10. The van der Waals surface area contributed by atoms with E-state index in [0.29, 0.717) is 14.5 Å². The number of carboxylic acids is 1. The van der Waals surface area contributed by atoms with Crippen molar-refractivity contribution in [3.05, 3.63) is 22.7 Å². The van der Waals surface area contributed by atoms with Gasteiger partial charge in [0.15, 0.2) is 0 Å². The van der Waals surface area contributed by atoms with Crippen LogP contribution in [0.2, 0.25) is 0 Å². The topological polar surface area (TPSA) is 83.9 Å². The van der Waals surface area contributed by atoms with Gasteiger partial charge in [-0.05, 0) is 34.1 Å². The molecule has 0 fully saturated rings. The molecule has 0 radical (unpaired) electrons. The first-order valence-electron chi connectivity index (χ1n) is 5.32. The molecule has 0 bridgehead atoms. The molecule has 1 aromatic carbocycles. The molecule has 1 N–H and O–H groups in total. The molecule has 0 amide bonds. The zero-order valence-corrected chi connectivity index (χ0v) is 12.9. The second-order valence-electron chi connectivity index (χ2n) is 3.67. The van der Waals surface area contributed by atoms with Gasteiger partial charge in [-0.2, -0.15) is 4.31 Å². The molecule has 1 aromatic rings. The maximum absolute atomic E-state index is 12.3. The van der Waals surface area contributed by atoms with Gasteiger partial charge >= 0.3 is 5.97 Å². The number of rotatable bonds is 6. The molecule has 8 heteroatoms. The van der Waals surface area contributed by atoms with Crippen LogP contribution in [0.25, 0.3) is 0 Å². The number of ether oxygens (including phenoxy) is 1. The molecule has 0 aliphatic heterocycles. The largest absolute Gasteiger partial charge is 0.496 e. The summed E-state index contributed by atoms with van der Waals surface area (Å²) in [6, 6.07) is 4.12. The minimum absolute atomic E-state index is 0.0679. The first kappa shape index (κ1) is 16.5. The summed E-state index contributed by atoms with van der Waals surface area (Å²) >= 11 is 3.17. The molecule has 108 valence electrons. The summed E-state index contributed by atoms with van der Waals surface area (Å²) in [6.45, 7) is -1.02. The first-order valence-corrected chi connectivity index (χ1v) is 7.55. The van der Waals surface area contributed by atoms with Crippen LogP contribution in [0.5, 0.6) is 5.75 Å². The van der Waals surface area contributed by atoms with Gasteiger partial charge < -0.3 is 9.84 Å². The lowest BCUT2D eigenvalue weighted by Crippen LogP contribution is -2.36. The number of carboxylic acid groups (broad SMARTS) is 1. The Morgan fingerprint density at radius 3 is 2.65 bits per heavy atom. The van der Waals surface area contributed by atoms with E-state index in [2.05, 4.69) is 21.9 Å².